The molecule has 0 bridgehead atoms. The summed E-state index contributed by atoms with van der Waals surface area (Å²) in [6.45, 7) is 0.895. The van der Waals surface area contributed by atoms with Crippen molar-refractivity contribution in [2.45, 2.75) is 13.2 Å². The molecule has 3 N–H and O–H groups in total. The smallest absolute Gasteiger partial charge is 0.322 e. The molecule has 0 aliphatic rings. The van der Waals surface area contributed by atoms with Gasteiger partial charge in [0, 0.05) is 37.0 Å². The Labute approximate surface area is 185 Å². The summed E-state index contributed by atoms with van der Waals surface area (Å²) in [4.78, 5) is 14.3. The van der Waals surface area contributed by atoms with E-state index in [1.54, 1.807) is 35.2 Å². The van der Waals surface area contributed by atoms with Crippen LogP contribution in [0.4, 0.5) is 19.3 Å². The summed E-state index contributed by atoms with van der Waals surface area (Å²) in [5, 5.41) is 2.85. The average molecular weight is 441 g/mol. The monoisotopic (exact) mass is 441 g/mol. The number of nitrogens with zero attached hydrogens (tertiary/aromatic N) is 1. The van der Waals surface area contributed by atoms with Crippen LogP contribution in [0.5, 0.6) is 11.5 Å². The quantitative estimate of drug-likeness (QED) is 0.511. The highest BCUT2D eigenvalue weighted by atomic mass is 19.1. The van der Waals surface area contributed by atoms with Crippen molar-refractivity contribution in [3.63, 3.8) is 0 Å². The zero-order chi connectivity index (χ0) is 22.9. The molecular formula is C24H25F2N3O3. The van der Waals surface area contributed by atoms with Crippen molar-refractivity contribution in [2.75, 3.05) is 25.5 Å². The summed E-state index contributed by atoms with van der Waals surface area (Å²) in [5.74, 6) is -0.491. The normalized spacial score (nSPS) is 10.5. The van der Waals surface area contributed by atoms with Crippen LogP contribution >= 0.6 is 0 Å². The fourth-order valence-electron chi connectivity index (χ4n) is 3.08. The number of hydrogen-bond acceptors (Lipinski definition) is 4. The van der Waals surface area contributed by atoms with Gasteiger partial charge in [0.1, 0.15) is 18.2 Å². The van der Waals surface area contributed by atoms with Gasteiger partial charge in [-0.25, -0.2) is 13.6 Å². The molecule has 0 aromatic heterocycles. The van der Waals surface area contributed by atoms with Crippen molar-refractivity contribution in [1.82, 2.24) is 4.90 Å². The van der Waals surface area contributed by atoms with E-state index < -0.39 is 11.6 Å². The second-order valence-electron chi connectivity index (χ2n) is 7.02. The van der Waals surface area contributed by atoms with Crippen LogP contribution in [-0.4, -0.2) is 31.1 Å². The number of hydrogen-bond donors (Lipinski definition) is 2. The molecule has 0 saturated carbocycles. The number of halogens is 2. The maximum absolute atomic E-state index is 13.8. The first kappa shape index (κ1) is 23.0. The zero-order valence-corrected chi connectivity index (χ0v) is 17.7. The molecule has 3 rings (SSSR count). The van der Waals surface area contributed by atoms with Crippen molar-refractivity contribution >= 4 is 11.7 Å². The number of amides is 2. The van der Waals surface area contributed by atoms with Gasteiger partial charge in [-0.15, -0.1) is 0 Å². The van der Waals surface area contributed by atoms with Crippen molar-refractivity contribution in [2.24, 2.45) is 5.73 Å². The third-order valence-corrected chi connectivity index (χ3v) is 4.71. The van der Waals surface area contributed by atoms with E-state index in [0.717, 1.165) is 11.6 Å². The van der Waals surface area contributed by atoms with Gasteiger partial charge < -0.3 is 25.4 Å². The lowest BCUT2D eigenvalue weighted by molar-refractivity contribution is 0.210. The van der Waals surface area contributed by atoms with E-state index in [0.29, 0.717) is 36.8 Å². The summed E-state index contributed by atoms with van der Waals surface area (Å²) < 4.78 is 38.0. The highest BCUT2D eigenvalue weighted by molar-refractivity contribution is 5.89. The number of para-hydroxylation sites is 1. The number of nitrogens with one attached hydrogen (secondary N) is 1. The molecule has 6 nitrogen and oxygen atoms in total. The molecule has 0 spiro atoms. The van der Waals surface area contributed by atoms with E-state index in [9.17, 15) is 13.6 Å². The van der Waals surface area contributed by atoms with E-state index in [1.165, 1.54) is 19.2 Å². The second-order valence-corrected chi connectivity index (χ2v) is 7.02. The van der Waals surface area contributed by atoms with Crippen LogP contribution in [0.3, 0.4) is 0 Å². The Morgan fingerprint density at radius 2 is 1.81 bits per heavy atom. The number of methoxy groups -OCH3 is 1. The maximum Gasteiger partial charge on any atom is 0.322 e. The van der Waals surface area contributed by atoms with Crippen LogP contribution in [0.1, 0.15) is 11.1 Å². The van der Waals surface area contributed by atoms with Gasteiger partial charge in [0.15, 0.2) is 11.5 Å². The molecule has 0 fully saturated rings. The molecule has 0 atom stereocenters. The van der Waals surface area contributed by atoms with E-state index >= 15 is 0 Å². The lowest BCUT2D eigenvalue weighted by Crippen LogP contribution is -2.38. The van der Waals surface area contributed by atoms with Gasteiger partial charge in [0.2, 0.25) is 0 Å². The number of ether oxygens (including phenoxy) is 2. The fraction of sp³-hybridized carbons (Fsp3) is 0.208. The van der Waals surface area contributed by atoms with E-state index in [2.05, 4.69) is 5.32 Å². The zero-order valence-electron chi connectivity index (χ0n) is 17.7. The number of carbonyl (C=O) groups is 1. The van der Waals surface area contributed by atoms with Gasteiger partial charge in [-0.3, -0.25) is 0 Å². The molecule has 0 aliphatic carbocycles. The minimum absolute atomic E-state index is 0.0827. The molecular weight excluding hydrogens is 416 g/mol. The van der Waals surface area contributed by atoms with Crippen LogP contribution in [0.2, 0.25) is 0 Å². The topological polar surface area (TPSA) is 76.8 Å². The first-order valence-electron chi connectivity index (χ1n) is 10.0. The molecule has 0 heterocycles. The number of anilines is 1. The highest BCUT2D eigenvalue weighted by Crippen LogP contribution is 2.29. The van der Waals surface area contributed by atoms with Crippen molar-refractivity contribution < 1.29 is 23.0 Å². The van der Waals surface area contributed by atoms with E-state index in [1.807, 2.05) is 18.2 Å². The summed E-state index contributed by atoms with van der Waals surface area (Å²) in [6, 6.07) is 17.4. The van der Waals surface area contributed by atoms with Crippen LogP contribution in [0, 0.1) is 11.6 Å². The van der Waals surface area contributed by atoms with E-state index in [-0.39, 0.29) is 18.2 Å². The molecule has 3 aromatic rings. The minimum atomic E-state index is -0.678. The number of nitrogens with two attached hydrogens (primary N) is 1. The SMILES string of the molecule is COc1cc(CN(CCN)C(=O)Nc2ccccc2)ccc1OCc1ccc(F)cc1F. The predicted molar refractivity (Wildman–Crippen MR) is 119 cm³/mol. The summed E-state index contributed by atoms with van der Waals surface area (Å²) in [5.41, 5.74) is 7.41. The standard InChI is InChI=1S/C24H25F2N3O3/c1-31-23-13-17(7-10-22(23)32-16-18-8-9-19(25)14-21(18)26)15-29(12-11-27)24(30)28-20-5-3-2-4-6-20/h2-10,13-14H,11-12,15-16,27H2,1H3,(H,28,30). The number of urea groups is 1. The minimum Gasteiger partial charge on any atom is -0.493 e. The van der Waals surface area contributed by atoms with Crippen LogP contribution in [0.25, 0.3) is 0 Å². The van der Waals surface area contributed by atoms with Gasteiger partial charge in [0.25, 0.3) is 0 Å². The number of rotatable bonds is 9. The van der Waals surface area contributed by atoms with E-state index in [4.69, 9.17) is 15.2 Å². The fourth-order valence-corrected chi connectivity index (χ4v) is 3.08. The average Bonchev–Trinajstić information content (AvgIpc) is 2.79. The Morgan fingerprint density at radius 3 is 2.50 bits per heavy atom. The summed E-state index contributed by atoms with van der Waals surface area (Å²) in [7, 11) is 1.49. The molecule has 0 aliphatic heterocycles. The van der Waals surface area contributed by atoms with Crippen molar-refractivity contribution in [1.29, 1.82) is 0 Å². The Balaban J connectivity index is 1.69. The molecule has 0 unspecified atom stereocenters. The Morgan fingerprint density at radius 1 is 1.03 bits per heavy atom. The van der Waals surface area contributed by atoms with Crippen LogP contribution < -0.4 is 20.5 Å². The molecule has 2 amide bonds. The van der Waals surface area contributed by atoms with Gasteiger partial charge >= 0.3 is 6.03 Å². The predicted octanol–water partition coefficient (Wildman–Crippen LogP) is 4.55. The second kappa shape index (κ2) is 11.1. The Kier molecular flexibility index (Phi) is 7.99. The molecule has 3 aromatic carbocycles. The molecule has 0 saturated heterocycles. The summed E-state index contributed by atoms with van der Waals surface area (Å²) >= 11 is 0. The highest BCUT2D eigenvalue weighted by Gasteiger charge is 2.15. The first-order valence-corrected chi connectivity index (χ1v) is 10.0. The lowest BCUT2D eigenvalue weighted by atomic mass is 10.2. The van der Waals surface area contributed by atoms with Crippen molar-refractivity contribution in [3.8, 4) is 11.5 Å². The lowest BCUT2D eigenvalue weighted by Gasteiger charge is -2.23. The molecule has 168 valence electrons. The first-order chi connectivity index (χ1) is 15.5. The summed E-state index contributed by atoms with van der Waals surface area (Å²) in [6.07, 6.45) is 0. The largest absolute Gasteiger partial charge is 0.493 e. The van der Waals surface area contributed by atoms with Gasteiger partial charge in [0.05, 0.1) is 7.11 Å². The van der Waals surface area contributed by atoms with Gasteiger partial charge in [-0.05, 0) is 42.0 Å². The third-order valence-electron chi connectivity index (χ3n) is 4.71. The molecule has 32 heavy (non-hydrogen) atoms. The number of carbonyl (C=O) groups excluding carboxylic acids is 1. The Bertz CT molecular complexity index is 1050. The Hall–Kier alpha value is -3.65. The van der Waals surface area contributed by atoms with Crippen LogP contribution in [0.15, 0.2) is 66.7 Å². The number of benzene rings is 3. The van der Waals surface area contributed by atoms with Gasteiger partial charge in [-0.2, -0.15) is 0 Å². The van der Waals surface area contributed by atoms with Gasteiger partial charge in [-0.1, -0.05) is 24.3 Å². The molecule has 0 radical (unpaired) electrons. The third kappa shape index (κ3) is 6.18. The maximum atomic E-state index is 13.8. The van der Waals surface area contributed by atoms with Crippen molar-refractivity contribution in [3.05, 3.63) is 89.5 Å². The molecule has 8 heteroatoms. The van der Waals surface area contributed by atoms with Crippen LogP contribution in [-0.2, 0) is 13.2 Å².